The van der Waals surface area contributed by atoms with E-state index in [9.17, 15) is 22.8 Å². The summed E-state index contributed by atoms with van der Waals surface area (Å²) in [6.45, 7) is 3.82. The molecule has 0 aromatic heterocycles. The number of amides is 2. The molecule has 1 aliphatic heterocycles. The molecule has 2 aromatic rings. The van der Waals surface area contributed by atoms with E-state index in [1.165, 1.54) is 0 Å². The quantitative estimate of drug-likeness (QED) is 0.757. The van der Waals surface area contributed by atoms with Crippen LogP contribution < -0.4 is 4.90 Å². The normalized spacial score (nSPS) is 18.1. The fraction of sp³-hybridized carbons (Fsp3) is 0.263. The van der Waals surface area contributed by atoms with E-state index in [2.05, 4.69) is 0 Å². The van der Waals surface area contributed by atoms with Gasteiger partial charge in [-0.3, -0.25) is 14.5 Å². The third kappa shape index (κ3) is 3.29. The fourth-order valence-electron chi connectivity index (χ4n) is 3.17. The van der Waals surface area contributed by atoms with Crippen LogP contribution in [-0.4, -0.2) is 11.8 Å². The molecule has 25 heavy (non-hydrogen) atoms. The Morgan fingerprint density at radius 1 is 0.960 bits per heavy atom. The first-order valence-corrected chi connectivity index (χ1v) is 7.79. The van der Waals surface area contributed by atoms with Crippen LogP contribution in [0.2, 0.25) is 0 Å². The highest BCUT2D eigenvalue weighted by Crippen LogP contribution is 2.35. The lowest BCUT2D eigenvalue weighted by molar-refractivity contribution is -0.137. The molecular formula is C19H16F3NO2. The molecule has 2 amide bonds. The highest BCUT2D eigenvalue weighted by Gasteiger charge is 2.40. The van der Waals surface area contributed by atoms with Gasteiger partial charge in [0.05, 0.1) is 17.2 Å². The van der Waals surface area contributed by atoms with Crippen molar-refractivity contribution in [1.82, 2.24) is 0 Å². The Morgan fingerprint density at radius 2 is 1.52 bits per heavy atom. The van der Waals surface area contributed by atoms with Gasteiger partial charge in [-0.1, -0.05) is 29.3 Å². The summed E-state index contributed by atoms with van der Waals surface area (Å²) in [5.74, 6) is -1.42. The maximum atomic E-state index is 12.7. The van der Waals surface area contributed by atoms with Gasteiger partial charge in [-0.05, 0) is 43.7 Å². The third-order valence-corrected chi connectivity index (χ3v) is 4.25. The highest BCUT2D eigenvalue weighted by molar-refractivity contribution is 6.22. The molecule has 1 saturated heterocycles. The zero-order chi connectivity index (χ0) is 18.4. The second-order valence-corrected chi connectivity index (χ2v) is 6.29. The molecule has 130 valence electrons. The van der Waals surface area contributed by atoms with Crippen molar-refractivity contribution in [2.24, 2.45) is 0 Å². The number of halogens is 3. The molecule has 0 spiro atoms. The van der Waals surface area contributed by atoms with Crippen LogP contribution in [0, 0.1) is 13.8 Å². The Balaban J connectivity index is 1.91. The first-order valence-electron chi connectivity index (χ1n) is 7.79. The zero-order valence-corrected chi connectivity index (χ0v) is 13.7. The largest absolute Gasteiger partial charge is 0.416 e. The number of nitrogens with zero attached hydrogens (tertiary/aromatic N) is 1. The van der Waals surface area contributed by atoms with Gasteiger partial charge in [0.15, 0.2) is 0 Å². The van der Waals surface area contributed by atoms with Crippen molar-refractivity contribution in [3.8, 4) is 0 Å². The number of benzene rings is 2. The van der Waals surface area contributed by atoms with Crippen LogP contribution in [0.15, 0.2) is 42.5 Å². The molecule has 1 heterocycles. The van der Waals surface area contributed by atoms with Crippen LogP contribution in [0.4, 0.5) is 18.9 Å². The maximum absolute atomic E-state index is 12.7. The Hall–Kier alpha value is -2.63. The van der Waals surface area contributed by atoms with Crippen molar-refractivity contribution in [3.63, 3.8) is 0 Å². The maximum Gasteiger partial charge on any atom is 0.416 e. The summed E-state index contributed by atoms with van der Waals surface area (Å²) in [6.07, 6.45) is -4.44. The average Bonchev–Trinajstić information content (AvgIpc) is 2.80. The van der Waals surface area contributed by atoms with Gasteiger partial charge in [0.2, 0.25) is 11.8 Å². The number of alkyl halides is 3. The molecule has 3 nitrogen and oxygen atoms in total. The minimum atomic E-state index is -4.46. The molecule has 1 fully saturated rings. The first-order chi connectivity index (χ1) is 11.7. The number of hydrogen-bond acceptors (Lipinski definition) is 2. The minimum Gasteiger partial charge on any atom is -0.274 e. The molecule has 0 saturated carbocycles. The monoisotopic (exact) mass is 347 g/mol. The van der Waals surface area contributed by atoms with E-state index in [4.69, 9.17) is 0 Å². The van der Waals surface area contributed by atoms with E-state index < -0.39 is 29.5 Å². The number of rotatable bonds is 2. The van der Waals surface area contributed by atoms with E-state index in [1.54, 1.807) is 0 Å². The molecule has 2 aromatic carbocycles. The van der Waals surface area contributed by atoms with Crippen LogP contribution >= 0.6 is 0 Å². The van der Waals surface area contributed by atoms with Crippen molar-refractivity contribution in [1.29, 1.82) is 0 Å². The molecule has 0 aliphatic carbocycles. The van der Waals surface area contributed by atoms with E-state index in [1.807, 2.05) is 32.0 Å². The summed E-state index contributed by atoms with van der Waals surface area (Å²) in [4.78, 5) is 26.0. The summed E-state index contributed by atoms with van der Waals surface area (Å²) < 4.78 is 38.0. The number of aryl methyl sites for hydroxylation is 2. The van der Waals surface area contributed by atoms with Gasteiger partial charge in [0.1, 0.15) is 0 Å². The average molecular weight is 347 g/mol. The Labute approximate surface area is 143 Å². The van der Waals surface area contributed by atoms with Gasteiger partial charge in [0, 0.05) is 6.42 Å². The number of imide groups is 1. The van der Waals surface area contributed by atoms with Crippen molar-refractivity contribution in [2.75, 3.05) is 4.90 Å². The highest BCUT2D eigenvalue weighted by atomic mass is 19.4. The molecular weight excluding hydrogens is 331 g/mol. The van der Waals surface area contributed by atoms with Gasteiger partial charge >= 0.3 is 6.18 Å². The smallest absolute Gasteiger partial charge is 0.274 e. The van der Waals surface area contributed by atoms with Crippen LogP contribution in [0.25, 0.3) is 0 Å². The van der Waals surface area contributed by atoms with Crippen molar-refractivity contribution in [2.45, 2.75) is 32.4 Å². The molecule has 1 aliphatic rings. The first kappa shape index (κ1) is 17.2. The van der Waals surface area contributed by atoms with E-state index in [-0.39, 0.29) is 12.1 Å². The molecule has 6 heteroatoms. The Bertz CT molecular complexity index is 820. The summed E-state index contributed by atoms with van der Waals surface area (Å²) in [5, 5.41) is 0. The van der Waals surface area contributed by atoms with Gasteiger partial charge in [-0.25, -0.2) is 0 Å². The standard InChI is InChI=1S/C19H16F3NO2/c1-11-7-12(2)9-13(8-11)16-10-17(24)23(18(16)25)15-5-3-14(4-6-15)19(20,21)22/h3-9,16H,10H2,1-2H3. The second-order valence-electron chi connectivity index (χ2n) is 6.29. The molecule has 1 atom stereocenters. The van der Waals surface area contributed by atoms with E-state index >= 15 is 0 Å². The molecule has 0 radical (unpaired) electrons. The van der Waals surface area contributed by atoms with E-state index in [0.717, 1.165) is 45.9 Å². The van der Waals surface area contributed by atoms with Crippen LogP contribution in [0.5, 0.6) is 0 Å². The predicted octanol–water partition coefficient (Wildman–Crippen LogP) is 4.37. The molecule has 1 unspecified atom stereocenters. The van der Waals surface area contributed by atoms with E-state index in [0.29, 0.717) is 0 Å². The van der Waals surface area contributed by atoms with Crippen molar-refractivity contribution < 1.29 is 22.8 Å². The predicted molar refractivity (Wildman–Crippen MR) is 87.2 cm³/mol. The SMILES string of the molecule is Cc1cc(C)cc(C2CC(=O)N(c3ccc(C(F)(F)F)cc3)C2=O)c1. The Kier molecular flexibility index (Phi) is 4.14. The number of carbonyl (C=O) groups is 2. The van der Waals surface area contributed by atoms with Gasteiger partial charge in [-0.15, -0.1) is 0 Å². The van der Waals surface area contributed by atoms with Crippen molar-refractivity contribution in [3.05, 3.63) is 64.7 Å². The third-order valence-electron chi connectivity index (χ3n) is 4.25. The second kappa shape index (κ2) is 6.02. The molecule has 0 bridgehead atoms. The minimum absolute atomic E-state index is 0.0166. The van der Waals surface area contributed by atoms with Crippen LogP contribution in [-0.2, 0) is 15.8 Å². The number of carbonyl (C=O) groups excluding carboxylic acids is 2. The molecule has 0 N–H and O–H groups in total. The van der Waals surface area contributed by atoms with Crippen molar-refractivity contribution >= 4 is 17.5 Å². The Morgan fingerprint density at radius 3 is 2.04 bits per heavy atom. The topological polar surface area (TPSA) is 37.4 Å². The van der Waals surface area contributed by atoms with Gasteiger partial charge in [-0.2, -0.15) is 13.2 Å². The van der Waals surface area contributed by atoms with Crippen LogP contribution in [0.3, 0.4) is 0 Å². The number of anilines is 1. The lowest BCUT2D eigenvalue weighted by Gasteiger charge is -2.16. The number of hydrogen-bond donors (Lipinski definition) is 0. The van der Waals surface area contributed by atoms with Crippen LogP contribution in [0.1, 0.15) is 34.6 Å². The lowest BCUT2D eigenvalue weighted by atomic mass is 9.94. The summed E-state index contributed by atoms with van der Waals surface area (Å²) in [7, 11) is 0. The molecule has 3 rings (SSSR count). The van der Waals surface area contributed by atoms with Gasteiger partial charge < -0.3 is 0 Å². The fourth-order valence-corrected chi connectivity index (χ4v) is 3.17. The summed E-state index contributed by atoms with van der Waals surface area (Å²) in [6, 6.07) is 9.75. The zero-order valence-electron chi connectivity index (χ0n) is 13.7. The lowest BCUT2D eigenvalue weighted by Crippen LogP contribution is -2.30. The summed E-state index contributed by atoms with van der Waals surface area (Å²) >= 11 is 0. The summed E-state index contributed by atoms with van der Waals surface area (Å²) in [5.41, 5.74) is 2.08. The van der Waals surface area contributed by atoms with Gasteiger partial charge in [0.25, 0.3) is 0 Å².